The molecule has 1 N–H and O–H groups in total. The lowest BCUT2D eigenvalue weighted by Gasteiger charge is -2.51. The van der Waals surface area contributed by atoms with Crippen LogP contribution in [0.25, 0.3) is 0 Å². The molecule has 2 aliphatic rings. The highest BCUT2D eigenvalue weighted by molar-refractivity contribution is 7.89. The lowest BCUT2D eigenvalue weighted by atomic mass is 9.70. The van der Waals surface area contributed by atoms with Crippen LogP contribution in [0.5, 0.6) is 0 Å². The third-order valence-corrected chi connectivity index (χ3v) is 6.66. The average Bonchev–Trinajstić information content (AvgIpc) is 2.45. The first kappa shape index (κ1) is 15.5. The van der Waals surface area contributed by atoms with Crippen LogP contribution in [0.2, 0.25) is 0 Å². The Kier molecular flexibility index (Phi) is 3.99. The zero-order valence-corrected chi connectivity index (χ0v) is 13.3. The molecule has 0 amide bonds. The molecule has 120 valence electrons. The molecule has 0 aromatic heterocycles. The van der Waals surface area contributed by atoms with Crippen LogP contribution in [-0.4, -0.2) is 36.9 Å². The van der Waals surface area contributed by atoms with Crippen LogP contribution >= 0.6 is 0 Å². The second kappa shape index (κ2) is 5.66. The molecule has 0 unspecified atom stereocenters. The summed E-state index contributed by atoms with van der Waals surface area (Å²) in [5, 5.41) is 8.75. The van der Waals surface area contributed by atoms with Gasteiger partial charge in [0.25, 0.3) is 0 Å². The molecule has 6 heteroatoms. The minimum absolute atomic E-state index is 0.0901. The number of benzene rings is 1. The van der Waals surface area contributed by atoms with E-state index in [2.05, 4.69) is 0 Å². The minimum Gasteiger partial charge on any atom is -0.481 e. The van der Waals surface area contributed by atoms with Crippen molar-refractivity contribution >= 4 is 16.0 Å². The van der Waals surface area contributed by atoms with Gasteiger partial charge in [0.1, 0.15) is 0 Å². The molecule has 1 aromatic carbocycles. The predicted octanol–water partition coefficient (Wildman–Crippen LogP) is 2.27. The Hall–Kier alpha value is -1.40. The smallest absolute Gasteiger partial charge is 0.307 e. The number of hydrogen-bond donors (Lipinski definition) is 1. The van der Waals surface area contributed by atoms with E-state index in [0.29, 0.717) is 18.7 Å². The summed E-state index contributed by atoms with van der Waals surface area (Å²) in [5.74, 6) is -0.919. The summed E-state index contributed by atoms with van der Waals surface area (Å²) in [6.45, 7) is 1.26. The van der Waals surface area contributed by atoms with Gasteiger partial charge in [0.15, 0.2) is 0 Å². The first-order valence-corrected chi connectivity index (χ1v) is 9.16. The lowest BCUT2D eigenvalue weighted by molar-refractivity contribution is -0.136. The summed E-state index contributed by atoms with van der Waals surface area (Å²) in [5.41, 5.74) is 0.827. The number of nitrogens with zero attached hydrogens (tertiary/aromatic N) is 1. The van der Waals surface area contributed by atoms with E-state index in [1.807, 2.05) is 0 Å². The van der Waals surface area contributed by atoms with Gasteiger partial charge >= 0.3 is 5.97 Å². The van der Waals surface area contributed by atoms with Gasteiger partial charge in [0, 0.05) is 13.1 Å². The number of carboxylic acids is 1. The fourth-order valence-corrected chi connectivity index (χ4v) is 5.26. The summed E-state index contributed by atoms with van der Waals surface area (Å²) in [7, 11) is -3.44. The molecule has 1 saturated heterocycles. The van der Waals surface area contributed by atoms with E-state index in [0.717, 1.165) is 12.8 Å². The van der Waals surface area contributed by atoms with E-state index in [4.69, 9.17) is 5.11 Å². The van der Waals surface area contributed by atoms with Gasteiger partial charge in [-0.05, 0) is 36.0 Å². The highest BCUT2D eigenvalue weighted by atomic mass is 32.2. The maximum absolute atomic E-state index is 12.6. The van der Waals surface area contributed by atoms with Crippen LogP contribution in [0, 0.1) is 5.41 Å². The fourth-order valence-electron chi connectivity index (χ4n) is 3.59. The lowest BCUT2D eigenvalue weighted by Crippen LogP contribution is -2.58. The van der Waals surface area contributed by atoms with Crippen molar-refractivity contribution in [2.45, 2.75) is 43.4 Å². The number of aliphatic carboxylic acids is 1. The summed E-state index contributed by atoms with van der Waals surface area (Å²) in [6.07, 6.45) is 5.86. The number of hydrogen-bond acceptors (Lipinski definition) is 3. The van der Waals surface area contributed by atoms with E-state index in [9.17, 15) is 13.2 Å². The Morgan fingerprint density at radius 3 is 2.23 bits per heavy atom. The van der Waals surface area contributed by atoms with Crippen molar-refractivity contribution in [2.24, 2.45) is 5.41 Å². The van der Waals surface area contributed by atoms with Gasteiger partial charge in [-0.1, -0.05) is 31.4 Å². The van der Waals surface area contributed by atoms with Gasteiger partial charge in [-0.25, -0.2) is 8.42 Å². The van der Waals surface area contributed by atoms with Crippen LogP contribution < -0.4 is 0 Å². The summed E-state index contributed by atoms with van der Waals surface area (Å²) < 4.78 is 26.7. The Labute approximate surface area is 131 Å². The van der Waals surface area contributed by atoms with Crippen LogP contribution in [0.15, 0.2) is 29.2 Å². The molecule has 1 saturated carbocycles. The molecular weight excluding hydrogens is 302 g/mol. The molecule has 0 atom stereocenters. The molecule has 5 nitrogen and oxygen atoms in total. The van der Waals surface area contributed by atoms with Gasteiger partial charge in [-0.15, -0.1) is 0 Å². The van der Waals surface area contributed by atoms with E-state index < -0.39 is 16.0 Å². The third-order valence-electron chi connectivity index (χ3n) is 4.85. The highest BCUT2D eigenvalue weighted by Gasteiger charge is 2.48. The maximum atomic E-state index is 12.6. The van der Waals surface area contributed by atoms with Gasteiger partial charge in [-0.3, -0.25) is 4.79 Å². The molecular formula is C16H21NO4S. The second-order valence-electron chi connectivity index (χ2n) is 6.55. The summed E-state index contributed by atoms with van der Waals surface area (Å²) in [4.78, 5) is 10.9. The Balaban J connectivity index is 1.70. The Bertz CT molecular complexity index is 652. The highest BCUT2D eigenvalue weighted by Crippen LogP contribution is 2.45. The normalized spacial score (nSPS) is 21.5. The van der Waals surface area contributed by atoms with Crippen molar-refractivity contribution in [3.63, 3.8) is 0 Å². The van der Waals surface area contributed by atoms with Crippen LogP contribution in [0.3, 0.4) is 0 Å². The van der Waals surface area contributed by atoms with E-state index in [1.54, 1.807) is 16.4 Å². The Morgan fingerprint density at radius 1 is 1.09 bits per heavy atom. The van der Waals surface area contributed by atoms with Crippen molar-refractivity contribution in [2.75, 3.05) is 13.1 Å². The summed E-state index contributed by atoms with van der Waals surface area (Å²) >= 11 is 0. The standard InChI is InChI=1S/C16H21NO4S/c18-15(19)10-13-4-6-14(7-5-13)22(20,21)17-11-16(12-17)8-2-1-3-9-16/h4-7H,1-3,8-12H2,(H,18,19). The molecule has 1 aliphatic heterocycles. The number of rotatable bonds is 4. The number of carbonyl (C=O) groups is 1. The van der Waals surface area contributed by atoms with Crippen LogP contribution in [-0.2, 0) is 21.2 Å². The molecule has 3 rings (SSSR count). The molecule has 1 aliphatic carbocycles. The van der Waals surface area contributed by atoms with Gasteiger partial charge in [-0.2, -0.15) is 4.31 Å². The number of sulfonamides is 1. The molecule has 1 heterocycles. The first-order chi connectivity index (χ1) is 10.4. The topological polar surface area (TPSA) is 74.7 Å². The van der Waals surface area contributed by atoms with Crippen molar-refractivity contribution in [3.8, 4) is 0 Å². The quantitative estimate of drug-likeness (QED) is 0.922. The van der Waals surface area contributed by atoms with Crippen molar-refractivity contribution < 1.29 is 18.3 Å². The van der Waals surface area contributed by atoms with Crippen LogP contribution in [0.4, 0.5) is 0 Å². The minimum atomic E-state index is -3.44. The van der Waals surface area contributed by atoms with E-state index >= 15 is 0 Å². The van der Waals surface area contributed by atoms with Crippen molar-refractivity contribution in [3.05, 3.63) is 29.8 Å². The number of carboxylic acid groups (broad SMARTS) is 1. The SMILES string of the molecule is O=C(O)Cc1ccc(S(=O)(=O)N2CC3(CCCCC3)C2)cc1. The molecule has 2 fully saturated rings. The second-order valence-corrected chi connectivity index (χ2v) is 8.49. The zero-order valence-electron chi connectivity index (χ0n) is 12.5. The van der Waals surface area contributed by atoms with Gasteiger partial charge in [0.2, 0.25) is 10.0 Å². The first-order valence-electron chi connectivity index (χ1n) is 7.72. The molecule has 22 heavy (non-hydrogen) atoms. The molecule has 1 aromatic rings. The maximum Gasteiger partial charge on any atom is 0.307 e. The monoisotopic (exact) mass is 323 g/mol. The largest absolute Gasteiger partial charge is 0.481 e. The summed E-state index contributed by atoms with van der Waals surface area (Å²) in [6, 6.07) is 6.19. The van der Waals surface area contributed by atoms with E-state index in [-0.39, 0.29) is 16.7 Å². The zero-order chi connectivity index (χ0) is 15.8. The third kappa shape index (κ3) is 2.90. The van der Waals surface area contributed by atoms with Crippen LogP contribution in [0.1, 0.15) is 37.7 Å². The van der Waals surface area contributed by atoms with Gasteiger partial charge < -0.3 is 5.11 Å². The average molecular weight is 323 g/mol. The van der Waals surface area contributed by atoms with Crippen molar-refractivity contribution in [1.29, 1.82) is 0 Å². The fraction of sp³-hybridized carbons (Fsp3) is 0.562. The molecule has 0 bridgehead atoms. The predicted molar refractivity (Wildman–Crippen MR) is 82.1 cm³/mol. The van der Waals surface area contributed by atoms with Gasteiger partial charge in [0.05, 0.1) is 11.3 Å². The molecule has 0 radical (unpaired) electrons. The van der Waals surface area contributed by atoms with E-state index in [1.165, 1.54) is 31.4 Å². The molecule has 1 spiro atoms. The van der Waals surface area contributed by atoms with Crippen molar-refractivity contribution in [1.82, 2.24) is 4.31 Å². The Morgan fingerprint density at radius 2 is 1.68 bits per heavy atom.